The van der Waals surface area contributed by atoms with Gasteiger partial charge in [-0.05, 0) is 42.0 Å². The van der Waals surface area contributed by atoms with Crippen molar-refractivity contribution in [1.82, 2.24) is 19.9 Å². The van der Waals surface area contributed by atoms with E-state index in [0.717, 1.165) is 5.41 Å². The Morgan fingerprint density at radius 1 is 0.886 bits per heavy atom. The van der Waals surface area contributed by atoms with E-state index in [0.29, 0.717) is 16.3 Å². The summed E-state index contributed by atoms with van der Waals surface area (Å²) in [6, 6.07) is 15.1. The smallest absolute Gasteiger partial charge is 0.256 e. The van der Waals surface area contributed by atoms with Crippen LogP contribution in [0.3, 0.4) is 0 Å². The van der Waals surface area contributed by atoms with Gasteiger partial charge in [0.15, 0.2) is 28.3 Å². The van der Waals surface area contributed by atoms with Crippen LogP contribution in [0.2, 0.25) is 10.2 Å². The van der Waals surface area contributed by atoms with Crippen LogP contribution in [0.25, 0.3) is 17.7 Å². The van der Waals surface area contributed by atoms with E-state index >= 15 is 0 Å². The summed E-state index contributed by atoms with van der Waals surface area (Å²) in [5.74, 6) is 0.494. The van der Waals surface area contributed by atoms with Crippen LogP contribution in [-0.2, 0) is 10.0 Å². The molecule has 0 fully saturated rings. The van der Waals surface area contributed by atoms with E-state index in [1.165, 1.54) is 25.6 Å². The van der Waals surface area contributed by atoms with E-state index in [9.17, 15) is 8.42 Å². The molecule has 0 saturated carbocycles. The number of rotatable bonds is 8. The highest BCUT2D eigenvalue weighted by Gasteiger charge is 2.22. The highest BCUT2D eigenvalue weighted by Crippen LogP contribution is 2.39. The monoisotopic (exact) mass is 529 g/mol. The molecule has 35 heavy (non-hydrogen) atoms. The Morgan fingerprint density at radius 2 is 1.57 bits per heavy atom. The predicted molar refractivity (Wildman–Crippen MR) is 134 cm³/mol. The summed E-state index contributed by atoms with van der Waals surface area (Å²) in [4.78, 5) is 16.7. The van der Waals surface area contributed by atoms with Crippen LogP contribution in [0.15, 0.2) is 72.4 Å². The fourth-order valence-corrected chi connectivity index (χ4v) is 3.97. The number of anilines is 1. The molecule has 9 nitrogen and oxygen atoms in total. The predicted octanol–water partition coefficient (Wildman–Crippen LogP) is 5.45. The standard InChI is InChI=1S/C23H17Cl2N5O4S/c1-33-17-5-2-3-6-18(17)34-19-20(25)28-23(22-26-12-4-13-27-22)29-21(19)30-35(31,32)14-11-15-7-9-16(24)10-8-15/h2-14H,1H3,(H,28,29,30)/b14-11+. The van der Waals surface area contributed by atoms with Gasteiger partial charge < -0.3 is 9.47 Å². The molecular weight excluding hydrogens is 513 g/mol. The Balaban J connectivity index is 1.74. The Kier molecular flexibility index (Phi) is 7.45. The van der Waals surface area contributed by atoms with E-state index in [4.69, 9.17) is 32.7 Å². The first kappa shape index (κ1) is 24.4. The maximum absolute atomic E-state index is 12.9. The van der Waals surface area contributed by atoms with E-state index < -0.39 is 10.0 Å². The summed E-state index contributed by atoms with van der Waals surface area (Å²) in [5, 5.41) is 1.36. The van der Waals surface area contributed by atoms with Crippen molar-refractivity contribution in [2.75, 3.05) is 11.8 Å². The Hall–Kier alpha value is -3.73. The normalized spacial score (nSPS) is 11.4. The molecule has 12 heteroatoms. The average Bonchev–Trinajstić information content (AvgIpc) is 2.86. The largest absolute Gasteiger partial charge is 0.493 e. The Bertz CT molecular complexity index is 1470. The van der Waals surface area contributed by atoms with Gasteiger partial charge in [0.1, 0.15) is 0 Å². The minimum atomic E-state index is -4.05. The second-order valence-electron chi connectivity index (χ2n) is 6.84. The van der Waals surface area contributed by atoms with Gasteiger partial charge in [-0.2, -0.15) is 0 Å². The first-order valence-corrected chi connectivity index (χ1v) is 12.3. The third-order valence-corrected chi connectivity index (χ3v) is 5.90. The lowest BCUT2D eigenvalue weighted by atomic mass is 10.2. The van der Waals surface area contributed by atoms with Gasteiger partial charge in [0.25, 0.3) is 10.0 Å². The molecule has 1 N–H and O–H groups in total. The fraction of sp³-hybridized carbons (Fsp3) is 0.0435. The maximum atomic E-state index is 12.9. The topological polar surface area (TPSA) is 116 Å². The van der Waals surface area contributed by atoms with Gasteiger partial charge in [-0.1, -0.05) is 47.5 Å². The van der Waals surface area contributed by atoms with Crippen LogP contribution in [0.1, 0.15) is 5.56 Å². The van der Waals surface area contributed by atoms with Gasteiger partial charge in [-0.25, -0.2) is 28.4 Å². The summed E-state index contributed by atoms with van der Waals surface area (Å²) in [6.45, 7) is 0. The van der Waals surface area contributed by atoms with Gasteiger partial charge in [0.2, 0.25) is 11.6 Å². The number of sulfonamides is 1. The third-order valence-electron chi connectivity index (χ3n) is 4.42. The third kappa shape index (κ3) is 6.24. The van der Waals surface area contributed by atoms with E-state index in [1.807, 2.05) is 0 Å². The van der Waals surface area contributed by atoms with Gasteiger partial charge in [0.05, 0.1) is 12.5 Å². The molecule has 0 bridgehead atoms. The minimum absolute atomic E-state index is 0.00218. The lowest BCUT2D eigenvalue weighted by molar-refractivity contribution is 0.378. The van der Waals surface area contributed by atoms with E-state index in [2.05, 4.69) is 24.7 Å². The fourth-order valence-electron chi connectivity index (χ4n) is 2.82. The molecule has 0 radical (unpaired) electrons. The summed E-state index contributed by atoms with van der Waals surface area (Å²) >= 11 is 12.3. The molecule has 0 aliphatic rings. The molecule has 4 rings (SSSR count). The SMILES string of the molecule is COc1ccccc1Oc1c(Cl)nc(-c2ncccn2)nc1NS(=O)(=O)/C=C/c1ccc(Cl)cc1. The van der Waals surface area contributed by atoms with Crippen LogP contribution in [0.4, 0.5) is 5.82 Å². The molecule has 178 valence electrons. The highest BCUT2D eigenvalue weighted by molar-refractivity contribution is 7.95. The number of hydrogen-bond donors (Lipinski definition) is 1. The van der Waals surface area contributed by atoms with Crippen LogP contribution >= 0.6 is 23.2 Å². The second kappa shape index (κ2) is 10.7. The molecule has 2 heterocycles. The summed E-state index contributed by atoms with van der Waals surface area (Å²) in [6.07, 6.45) is 4.40. The van der Waals surface area contributed by atoms with Crippen LogP contribution in [0.5, 0.6) is 17.2 Å². The number of benzene rings is 2. The number of halogens is 2. The van der Waals surface area contributed by atoms with Crippen molar-refractivity contribution in [1.29, 1.82) is 0 Å². The first-order chi connectivity index (χ1) is 16.8. The van der Waals surface area contributed by atoms with E-state index in [1.54, 1.807) is 54.6 Å². The zero-order valence-corrected chi connectivity index (χ0v) is 20.4. The van der Waals surface area contributed by atoms with Crippen molar-refractivity contribution in [3.05, 3.63) is 88.1 Å². The molecular formula is C23H17Cl2N5O4S. The molecule has 0 spiro atoms. The van der Waals surface area contributed by atoms with Crippen molar-refractivity contribution < 1.29 is 17.9 Å². The number of hydrogen-bond acceptors (Lipinski definition) is 8. The number of ether oxygens (including phenoxy) is 2. The highest BCUT2D eigenvalue weighted by atomic mass is 35.5. The van der Waals surface area contributed by atoms with Crippen molar-refractivity contribution in [3.63, 3.8) is 0 Å². The first-order valence-electron chi connectivity index (χ1n) is 9.97. The summed E-state index contributed by atoms with van der Waals surface area (Å²) in [5.41, 5.74) is 0.629. The molecule has 2 aromatic carbocycles. The van der Waals surface area contributed by atoms with Gasteiger partial charge >= 0.3 is 0 Å². The van der Waals surface area contributed by atoms with Crippen molar-refractivity contribution in [3.8, 4) is 28.9 Å². The van der Waals surface area contributed by atoms with Crippen molar-refractivity contribution in [2.45, 2.75) is 0 Å². The lowest BCUT2D eigenvalue weighted by Gasteiger charge is -2.15. The zero-order valence-electron chi connectivity index (χ0n) is 18.1. The summed E-state index contributed by atoms with van der Waals surface area (Å²) in [7, 11) is -2.58. The molecule has 0 saturated heterocycles. The molecule has 0 aliphatic carbocycles. The average molecular weight is 530 g/mol. The number of aromatic nitrogens is 4. The van der Waals surface area contributed by atoms with Gasteiger partial charge in [-0.3, -0.25) is 4.72 Å². The molecule has 0 amide bonds. The minimum Gasteiger partial charge on any atom is -0.493 e. The second-order valence-corrected chi connectivity index (χ2v) is 9.20. The number of para-hydroxylation sites is 2. The summed E-state index contributed by atoms with van der Waals surface area (Å²) < 4.78 is 39.3. The zero-order chi connectivity index (χ0) is 24.8. The van der Waals surface area contributed by atoms with Crippen LogP contribution in [-0.4, -0.2) is 35.5 Å². The van der Waals surface area contributed by atoms with Crippen molar-refractivity contribution in [2.24, 2.45) is 0 Å². The van der Waals surface area contributed by atoms with Crippen LogP contribution in [0, 0.1) is 0 Å². The lowest BCUT2D eigenvalue weighted by Crippen LogP contribution is -2.13. The van der Waals surface area contributed by atoms with Gasteiger partial charge in [-0.15, -0.1) is 0 Å². The molecule has 0 unspecified atom stereocenters. The van der Waals surface area contributed by atoms with Crippen LogP contribution < -0.4 is 14.2 Å². The maximum Gasteiger partial charge on any atom is 0.256 e. The quantitative estimate of drug-likeness (QED) is 0.299. The van der Waals surface area contributed by atoms with Crippen molar-refractivity contribution >= 4 is 45.1 Å². The van der Waals surface area contributed by atoms with Gasteiger partial charge in [0, 0.05) is 17.4 Å². The molecule has 0 atom stereocenters. The molecule has 2 aromatic heterocycles. The number of nitrogens with zero attached hydrogens (tertiary/aromatic N) is 4. The van der Waals surface area contributed by atoms with E-state index in [-0.39, 0.29) is 34.1 Å². The Labute approximate surface area is 211 Å². The molecule has 4 aromatic rings. The number of methoxy groups -OCH3 is 1. The molecule has 0 aliphatic heterocycles. The Morgan fingerprint density at radius 3 is 2.26 bits per heavy atom. The number of nitrogens with one attached hydrogen (secondary N) is 1.